The average Bonchev–Trinajstić information content (AvgIpc) is 3.05. The van der Waals surface area contributed by atoms with Crippen LogP contribution in [0.5, 0.6) is 0 Å². The summed E-state index contributed by atoms with van der Waals surface area (Å²) < 4.78 is 28.4. The highest BCUT2D eigenvalue weighted by molar-refractivity contribution is 6.06. The van der Waals surface area contributed by atoms with Gasteiger partial charge in [0.15, 0.2) is 5.82 Å². The lowest BCUT2D eigenvalue weighted by molar-refractivity contribution is 0.101. The number of ketones is 1. The van der Waals surface area contributed by atoms with E-state index in [0.717, 1.165) is 18.2 Å². The number of rotatable bonds is 5. The summed E-state index contributed by atoms with van der Waals surface area (Å²) in [6, 6.07) is 6.07. The molecule has 1 aromatic carbocycles. The van der Waals surface area contributed by atoms with Gasteiger partial charge in [0.05, 0.1) is 12.6 Å². The SMILES string of the molecule is O=C(c1cccnc1)c1nccn1C[C@H](O)c1cc(F)ccc1F. The molecule has 0 spiro atoms. The Morgan fingerprint density at radius 2 is 2.08 bits per heavy atom. The number of hydrogen-bond acceptors (Lipinski definition) is 4. The molecule has 0 aliphatic carbocycles. The second-order valence-corrected chi connectivity index (χ2v) is 5.16. The van der Waals surface area contributed by atoms with E-state index < -0.39 is 17.7 Å². The van der Waals surface area contributed by atoms with Gasteiger partial charge in [-0.05, 0) is 30.3 Å². The molecule has 0 radical (unpaired) electrons. The first-order valence-electron chi connectivity index (χ1n) is 7.15. The molecule has 5 nitrogen and oxygen atoms in total. The number of aromatic nitrogens is 3. The van der Waals surface area contributed by atoms with E-state index in [4.69, 9.17) is 0 Å². The van der Waals surface area contributed by atoms with Gasteiger partial charge in [0, 0.05) is 35.9 Å². The van der Waals surface area contributed by atoms with Crippen molar-refractivity contribution in [2.75, 3.05) is 0 Å². The van der Waals surface area contributed by atoms with E-state index in [1.165, 1.54) is 23.2 Å². The zero-order chi connectivity index (χ0) is 17.1. The van der Waals surface area contributed by atoms with Crippen LogP contribution in [-0.4, -0.2) is 25.4 Å². The van der Waals surface area contributed by atoms with E-state index in [1.54, 1.807) is 18.3 Å². The minimum Gasteiger partial charge on any atom is -0.386 e. The molecule has 0 aliphatic rings. The lowest BCUT2D eigenvalue weighted by Crippen LogP contribution is -2.16. The van der Waals surface area contributed by atoms with Gasteiger partial charge in [-0.25, -0.2) is 13.8 Å². The predicted octanol–water partition coefficient (Wildman–Crippen LogP) is 2.52. The van der Waals surface area contributed by atoms with Gasteiger partial charge < -0.3 is 9.67 Å². The van der Waals surface area contributed by atoms with Gasteiger partial charge in [0.2, 0.25) is 5.78 Å². The van der Waals surface area contributed by atoms with Crippen molar-refractivity contribution in [2.24, 2.45) is 0 Å². The van der Waals surface area contributed by atoms with Crippen LogP contribution in [0.15, 0.2) is 55.1 Å². The third-order valence-corrected chi connectivity index (χ3v) is 3.53. The Morgan fingerprint density at radius 3 is 2.83 bits per heavy atom. The molecule has 0 unspecified atom stereocenters. The molecule has 2 aromatic heterocycles. The second-order valence-electron chi connectivity index (χ2n) is 5.16. The number of halogens is 2. The highest BCUT2D eigenvalue weighted by Gasteiger charge is 2.20. The molecule has 3 aromatic rings. The van der Waals surface area contributed by atoms with Crippen molar-refractivity contribution in [1.29, 1.82) is 0 Å². The smallest absolute Gasteiger partial charge is 0.229 e. The largest absolute Gasteiger partial charge is 0.386 e. The van der Waals surface area contributed by atoms with Gasteiger partial charge in [0.1, 0.15) is 11.6 Å². The third kappa shape index (κ3) is 3.21. The molecule has 24 heavy (non-hydrogen) atoms. The quantitative estimate of drug-likeness (QED) is 0.731. The molecule has 0 amide bonds. The minimum absolute atomic E-state index is 0.0823. The van der Waals surface area contributed by atoms with Crippen LogP contribution < -0.4 is 0 Å². The lowest BCUT2D eigenvalue weighted by Gasteiger charge is -2.14. The third-order valence-electron chi connectivity index (χ3n) is 3.53. The van der Waals surface area contributed by atoms with E-state index in [0.29, 0.717) is 5.56 Å². The zero-order valence-corrected chi connectivity index (χ0v) is 12.4. The molecular weight excluding hydrogens is 316 g/mol. The summed E-state index contributed by atoms with van der Waals surface area (Å²) in [6.45, 7) is -0.137. The minimum atomic E-state index is -1.32. The lowest BCUT2D eigenvalue weighted by atomic mass is 10.1. The molecular formula is C17H13F2N3O2. The number of aliphatic hydroxyl groups excluding tert-OH is 1. The van der Waals surface area contributed by atoms with Crippen LogP contribution in [0.25, 0.3) is 0 Å². The van der Waals surface area contributed by atoms with Gasteiger partial charge in [-0.3, -0.25) is 9.78 Å². The van der Waals surface area contributed by atoms with E-state index in [9.17, 15) is 18.7 Å². The molecule has 7 heteroatoms. The highest BCUT2D eigenvalue weighted by atomic mass is 19.1. The number of pyridine rings is 1. The standard InChI is InChI=1S/C17H13F2N3O2/c18-12-3-4-14(19)13(8-12)15(23)10-22-7-6-21-17(22)16(24)11-2-1-5-20-9-11/h1-9,15,23H,10H2/t15-/m0/s1. The maximum atomic E-state index is 13.7. The molecule has 1 N–H and O–H groups in total. The van der Waals surface area contributed by atoms with Crippen molar-refractivity contribution >= 4 is 5.78 Å². The van der Waals surface area contributed by atoms with Crippen LogP contribution in [0.3, 0.4) is 0 Å². The van der Waals surface area contributed by atoms with Crippen LogP contribution in [0.2, 0.25) is 0 Å². The summed E-state index contributed by atoms with van der Waals surface area (Å²) >= 11 is 0. The summed E-state index contributed by atoms with van der Waals surface area (Å²) in [4.78, 5) is 20.3. The first-order chi connectivity index (χ1) is 11.6. The fourth-order valence-electron chi connectivity index (χ4n) is 2.35. The highest BCUT2D eigenvalue weighted by Crippen LogP contribution is 2.21. The number of aliphatic hydroxyl groups is 1. The molecule has 0 bridgehead atoms. The molecule has 0 saturated heterocycles. The van der Waals surface area contributed by atoms with Gasteiger partial charge >= 0.3 is 0 Å². The summed E-state index contributed by atoms with van der Waals surface area (Å²) in [5.74, 6) is -1.66. The molecule has 0 aliphatic heterocycles. The van der Waals surface area contributed by atoms with Crippen molar-refractivity contribution < 1.29 is 18.7 Å². The van der Waals surface area contributed by atoms with Crippen LogP contribution in [0, 0.1) is 11.6 Å². The Balaban J connectivity index is 1.86. The van der Waals surface area contributed by atoms with Gasteiger partial charge in [-0.15, -0.1) is 0 Å². The maximum Gasteiger partial charge on any atom is 0.229 e. The fraction of sp³-hybridized carbons (Fsp3) is 0.118. The maximum absolute atomic E-state index is 13.7. The number of benzene rings is 1. The normalized spacial score (nSPS) is 12.1. The Bertz CT molecular complexity index is 865. The Labute approximate surface area is 136 Å². The molecule has 2 heterocycles. The number of imidazole rings is 1. The van der Waals surface area contributed by atoms with E-state index in [2.05, 4.69) is 9.97 Å². The number of carbonyl (C=O) groups is 1. The van der Waals surface area contributed by atoms with Crippen LogP contribution in [-0.2, 0) is 6.54 Å². The predicted molar refractivity (Wildman–Crippen MR) is 81.2 cm³/mol. The Kier molecular flexibility index (Phi) is 4.43. The second kappa shape index (κ2) is 6.67. The molecule has 0 fully saturated rings. The van der Waals surface area contributed by atoms with Crippen LogP contribution in [0.4, 0.5) is 8.78 Å². The molecule has 3 rings (SSSR count). The van der Waals surface area contributed by atoms with Crippen molar-refractivity contribution in [3.63, 3.8) is 0 Å². The number of nitrogens with zero attached hydrogens (tertiary/aromatic N) is 3. The Morgan fingerprint density at radius 1 is 1.25 bits per heavy atom. The van der Waals surface area contributed by atoms with Crippen molar-refractivity contribution in [1.82, 2.24) is 14.5 Å². The van der Waals surface area contributed by atoms with Gasteiger partial charge in [0.25, 0.3) is 0 Å². The number of carbonyl (C=O) groups excluding carboxylic acids is 1. The van der Waals surface area contributed by atoms with Crippen molar-refractivity contribution in [2.45, 2.75) is 12.6 Å². The molecule has 1 atom stereocenters. The van der Waals surface area contributed by atoms with E-state index in [1.807, 2.05) is 0 Å². The van der Waals surface area contributed by atoms with Crippen molar-refractivity contribution in [3.8, 4) is 0 Å². The summed E-state index contributed by atoms with van der Waals surface area (Å²) in [5, 5.41) is 10.2. The summed E-state index contributed by atoms with van der Waals surface area (Å²) in [7, 11) is 0. The first-order valence-corrected chi connectivity index (χ1v) is 7.15. The van der Waals surface area contributed by atoms with Gasteiger partial charge in [-0.2, -0.15) is 0 Å². The first kappa shape index (κ1) is 15.9. The zero-order valence-electron chi connectivity index (χ0n) is 12.4. The monoisotopic (exact) mass is 329 g/mol. The fourth-order valence-corrected chi connectivity index (χ4v) is 2.35. The van der Waals surface area contributed by atoms with E-state index >= 15 is 0 Å². The van der Waals surface area contributed by atoms with Crippen LogP contribution in [0.1, 0.15) is 27.8 Å². The Hall–Kier alpha value is -2.93. The summed E-state index contributed by atoms with van der Waals surface area (Å²) in [6.07, 6.45) is 4.52. The molecule has 0 saturated carbocycles. The molecule has 122 valence electrons. The van der Waals surface area contributed by atoms with Gasteiger partial charge in [-0.1, -0.05) is 0 Å². The van der Waals surface area contributed by atoms with Crippen molar-refractivity contribution in [3.05, 3.63) is 83.7 Å². The average molecular weight is 329 g/mol. The number of hydrogen-bond donors (Lipinski definition) is 1. The topological polar surface area (TPSA) is 68.0 Å². The summed E-state index contributed by atoms with van der Waals surface area (Å²) in [5.41, 5.74) is 0.167. The van der Waals surface area contributed by atoms with Crippen LogP contribution >= 0.6 is 0 Å². The van der Waals surface area contributed by atoms with E-state index in [-0.39, 0.29) is 23.7 Å².